The van der Waals surface area contributed by atoms with Crippen molar-refractivity contribution in [3.05, 3.63) is 64.5 Å². The molecule has 5 heteroatoms. The summed E-state index contributed by atoms with van der Waals surface area (Å²) in [6.45, 7) is 0. The number of hydrogen-bond acceptors (Lipinski definition) is 2. The number of fused-ring (bicyclic) bond motifs is 1. The van der Waals surface area contributed by atoms with Crippen molar-refractivity contribution in [2.45, 2.75) is 0 Å². The Hall–Kier alpha value is -2.69. The lowest BCUT2D eigenvalue weighted by Gasteiger charge is -2.08. The standard InChI is InChI=1S/C15H9F2NO2/c16-9-3-1-8(2-4-9)13-14(19)11-6-5-10(17)7-12(11)15(20)18-13/h1-7,19H,(H,18,20). The maximum Gasteiger partial charge on any atom is 0.256 e. The summed E-state index contributed by atoms with van der Waals surface area (Å²) in [5.74, 6) is -1.15. The fourth-order valence-corrected chi connectivity index (χ4v) is 2.11. The lowest BCUT2D eigenvalue weighted by Crippen LogP contribution is -2.08. The van der Waals surface area contributed by atoms with Crippen LogP contribution in [0.3, 0.4) is 0 Å². The lowest BCUT2D eigenvalue weighted by atomic mass is 10.1. The monoisotopic (exact) mass is 273 g/mol. The van der Waals surface area contributed by atoms with Gasteiger partial charge in [0.15, 0.2) is 0 Å². The number of aromatic amines is 1. The van der Waals surface area contributed by atoms with Crippen molar-refractivity contribution in [2.75, 3.05) is 0 Å². The molecule has 0 amide bonds. The molecule has 0 bridgehead atoms. The van der Waals surface area contributed by atoms with Gasteiger partial charge in [-0.1, -0.05) is 0 Å². The van der Waals surface area contributed by atoms with E-state index in [9.17, 15) is 18.7 Å². The van der Waals surface area contributed by atoms with Gasteiger partial charge in [-0.2, -0.15) is 0 Å². The topological polar surface area (TPSA) is 53.1 Å². The molecule has 100 valence electrons. The molecule has 3 rings (SSSR count). The SMILES string of the molecule is O=c1[nH]c(-c2ccc(F)cc2)c(O)c2ccc(F)cc12. The van der Waals surface area contributed by atoms with Crippen molar-refractivity contribution in [2.24, 2.45) is 0 Å². The van der Waals surface area contributed by atoms with Crippen LogP contribution >= 0.6 is 0 Å². The zero-order chi connectivity index (χ0) is 14.3. The first-order chi connectivity index (χ1) is 9.56. The third kappa shape index (κ3) is 1.93. The summed E-state index contributed by atoms with van der Waals surface area (Å²) < 4.78 is 26.0. The van der Waals surface area contributed by atoms with E-state index in [0.29, 0.717) is 5.56 Å². The van der Waals surface area contributed by atoms with Crippen molar-refractivity contribution >= 4 is 10.8 Å². The van der Waals surface area contributed by atoms with Gasteiger partial charge in [0.25, 0.3) is 5.56 Å². The number of aromatic nitrogens is 1. The van der Waals surface area contributed by atoms with E-state index in [4.69, 9.17) is 0 Å². The fraction of sp³-hybridized carbons (Fsp3) is 0. The Balaban J connectivity index is 2.33. The van der Waals surface area contributed by atoms with E-state index in [1.807, 2.05) is 0 Å². The highest BCUT2D eigenvalue weighted by Crippen LogP contribution is 2.32. The molecule has 20 heavy (non-hydrogen) atoms. The average molecular weight is 273 g/mol. The third-order valence-corrected chi connectivity index (χ3v) is 3.09. The Morgan fingerprint density at radius 1 is 0.900 bits per heavy atom. The van der Waals surface area contributed by atoms with Crippen LogP contribution in [0.2, 0.25) is 0 Å². The van der Waals surface area contributed by atoms with Gasteiger partial charge in [-0.25, -0.2) is 8.78 Å². The van der Waals surface area contributed by atoms with Gasteiger partial charge in [0, 0.05) is 10.9 Å². The maximum atomic E-state index is 13.1. The number of pyridine rings is 1. The molecule has 2 N–H and O–H groups in total. The van der Waals surface area contributed by atoms with Gasteiger partial charge < -0.3 is 10.1 Å². The molecular formula is C15H9F2NO2. The number of benzene rings is 2. The Kier molecular flexibility index (Phi) is 2.75. The number of rotatable bonds is 1. The summed E-state index contributed by atoms with van der Waals surface area (Å²) in [5, 5.41) is 10.5. The van der Waals surface area contributed by atoms with Gasteiger partial charge in [0.05, 0.1) is 11.1 Å². The molecule has 0 radical (unpaired) electrons. The highest BCUT2D eigenvalue weighted by Gasteiger charge is 2.12. The first kappa shape index (κ1) is 12.3. The van der Waals surface area contributed by atoms with E-state index < -0.39 is 17.2 Å². The van der Waals surface area contributed by atoms with Crippen LogP contribution in [-0.2, 0) is 0 Å². The van der Waals surface area contributed by atoms with E-state index in [0.717, 1.165) is 12.1 Å². The maximum absolute atomic E-state index is 13.1. The first-order valence-corrected chi connectivity index (χ1v) is 5.87. The van der Waals surface area contributed by atoms with Crippen LogP contribution in [0.1, 0.15) is 0 Å². The summed E-state index contributed by atoms with van der Waals surface area (Å²) >= 11 is 0. The second-order valence-corrected chi connectivity index (χ2v) is 4.37. The summed E-state index contributed by atoms with van der Waals surface area (Å²) in [7, 11) is 0. The average Bonchev–Trinajstić information content (AvgIpc) is 2.44. The zero-order valence-corrected chi connectivity index (χ0v) is 10.2. The minimum absolute atomic E-state index is 0.0633. The second-order valence-electron chi connectivity index (χ2n) is 4.37. The largest absolute Gasteiger partial charge is 0.505 e. The molecule has 3 aromatic rings. The minimum Gasteiger partial charge on any atom is -0.505 e. The van der Waals surface area contributed by atoms with Gasteiger partial charge in [0.1, 0.15) is 17.4 Å². The normalized spacial score (nSPS) is 10.9. The van der Waals surface area contributed by atoms with Gasteiger partial charge >= 0.3 is 0 Å². The van der Waals surface area contributed by atoms with Crippen molar-refractivity contribution in [3.63, 3.8) is 0 Å². The van der Waals surface area contributed by atoms with E-state index in [-0.39, 0.29) is 22.2 Å². The van der Waals surface area contributed by atoms with Gasteiger partial charge in [-0.05, 0) is 42.5 Å². The second kappa shape index (κ2) is 4.45. The summed E-state index contributed by atoms with van der Waals surface area (Å²) in [4.78, 5) is 14.4. The molecular weight excluding hydrogens is 264 g/mol. The molecule has 2 aromatic carbocycles. The number of hydrogen-bond donors (Lipinski definition) is 2. The van der Waals surface area contributed by atoms with E-state index >= 15 is 0 Å². The molecule has 0 unspecified atom stereocenters. The van der Waals surface area contributed by atoms with Crippen LogP contribution in [0.4, 0.5) is 8.78 Å². The number of halogens is 2. The molecule has 0 aliphatic rings. The molecule has 0 aliphatic heterocycles. The number of nitrogens with one attached hydrogen (secondary N) is 1. The van der Waals surface area contributed by atoms with E-state index in [2.05, 4.69) is 4.98 Å². The zero-order valence-electron chi connectivity index (χ0n) is 10.2. The van der Waals surface area contributed by atoms with Crippen LogP contribution in [-0.4, -0.2) is 10.1 Å². The van der Waals surface area contributed by atoms with Crippen molar-refractivity contribution < 1.29 is 13.9 Å². The third-order valence-electron chi connectivity index (χ3n) is 3.09. The molecule has 0 spiro atoms. The van der Waals surface area contributed by atoms with E-state index in [1.165, 1.54) is 30.3 Å². The Morgan fingerprint density at radius 3 is 2.25 bits per heavy atom. The van der Waals surface area contributed by atoms with E-state index in [1.54, 1.807) is 0 Å². The molecule has 0 fully saturated rings. The quantitative estimate of drug-likeness (QED) is 0.715. The van der Waals surface area contributed by atoms with Crippen LogP contribution in [0.25, 0.3) is 22.0 Å². The van der Waals surface area contributed by atoms with Crippen LogP contribution < -0.4 is 5.56 Å². The first-order valence-electron chi connectivity index (χ1n) is 5.87. The molecule has 0 saturated carbocycles. The molecule has 1 heterocycles. The molecule has 0 atom stereocenters. The Bertz CT molecular complexity index is 854. The number of H-pyrrole nitrogens is 1. The Morgan fingerprint density at radius 2 is 1.55 bits per heavy atom. The summed E-state index contributed by atoms with van der Waals surface area (Å²) in [5.41, 5.74) is 0.123. The summed E-state index contributed by atoms with van der Waals surface area (Å²) in [6, 6.07) is 8.88. The van der Waals surface area contributed by atoms with Crippen molar-refractivity contribution in [1.29, 1.82) is 0 Å². The molecule has 0 aliphatic carbocycles. The van der Waals surface area contributed by atoms with Crippen LogP contribution in [0.5, 0.6) is 5.75 Å². The molecule has 0 saturated heterocycles. The van der Waals surface area contributed by atoms with Gasteiger partial charge in [0.2, 0.25) is 0 Å². The predicted molar refractivity (Wildman–Crippen MR) is 71.6 cm³/mol. The Labute approximate surface area is 112 Å². The molecule has 1 aromatic heterocycles. The predicted octanol–water partition coefficient (Wildman–Crippen LogP) is 3.18. The minimum atomic E-state index is -0.558. The van der Waals surface area contributed by atoms with Gasteiger partial charge in [-0.3, -0.25) is 4.79 Å². The lowest BCUT2D eigenvalue weighted by molar-refractivity contribution is 0.481. The molecule has 3 nitrogen and oxygen atoms in total. The van der Waals surface area contributed by atoms with Gasteiger partial charge in [-0.15, -0.1) is 0 Å². The van der Waals surface area contributed by atoms with Crippen LogP contribution in [0.15, 0.2) is 47.3 Å². The summed E-state index contributed by atoms with van der Waals surface area (Å²) in [6.07, 6.45) is 0. The highest BCUT2D eigenvalue weighted by molar-refractivity contribution is 5.92. The van der Waals surface area contributed by atoms with Crippen LogP contribution in [0, 0.1) is 11.6 Å². The fourth-order valence-electron chi connectivity index (χ4n) is 2.11. The van der Waals surface area contributed by atoms with Crippen molar-refractivity contribution in [3.8, 4) is 17.0 Å². The highest BCUT2D eigenvalue weighted by atomic mass is 19.1. The smallest absolute Gasteiger partial charge is 0.256 e. The number of aromatic hydroxyl groups is 1. The van der Waals surface area contributed by atoms with Crippen molar-refractivity contribution in [1.82, 2.24) is 4.98 Å².